The lowest BCUT2D eigenvalue weighted by atomic mass is 10.1. The van der Waals surface area contributed by atoms with Crippen molar-refractivity contribution >= 4 is 5.91 Å². The number of carbonyl (C=O) groups excluding carboxylic acids is 1. The first kappa shape index (κ1) is 12.7. The highest BCUT2D eigenvalue weighted by Gasteiger charge is 2.06. The predicted molar refractivity (Wildman–Crippen MR) is 63.1 cm³/mol. The maximum absolute atomic E-state index is 11.1. The van der Waals surface area contributed by atoms with Crippen molar-refractivity contribution in [3.8, 4) is 0 Å². The number of likely N-dealkylation sites (N-methyl/N-ethyl adjacent to an activating group) is 1. The van der Waals surface area contributed by atoms with Crippen LogP contribution in [0.3, 0.4) is 0 Å². The summed E-state index contributed by atoms with van der Waals surface area (Å²) in [6.45, 7) is 0.563. The zero-order valence-electron chi connectivity index (χ0n) is 9.44. The van der Waals surface area contributed by atoms with Crippen molar-refractivity contribution in [2.75, 3.05) is 20.1 Å². The Morgan fingerprint density at radius 2 is 2.06 bits per heavy atom. The number of aliphatic hydroxyl groups excluding tert-OH is 1. The van der Waals surface area contributed by atoms with Gasteiger partial charge in [-0.2, -0.15) is 0 Å². The lowest BCUT2D eigenvalue weighted by Gasteiger charge is -2.11. The number of aliphatic hydroxyl groups is 1. The van der Waals surface area contributed by atoms with Crippen LogP contribution in [-0.2, 0) is 11.2 Å². The van der Waals surface area contributed by atoms with E-state index in [1.165, 1.54) is 0 Å². The van der Waals surface area contributed by atoms with E-state index in [0.29, 0.717) is 6.42 Å². The van der Waals surface area contributed by atoms with E-state index in [1.807, 2.05) is 30.3 Å². The van der Waals surface area contributed by atoms with Gasteiger partial charge in [0.2, 0.25) is 5.91 Å². The predicted octanol–water partition coefficient (Wildman–Crippen LogP) is -0.0744. The Morgan fingerprint density at radius 3 is 2.69 bits per heavy atom. The van der Waals surface area contributed by atoms with Crippen molar-refractivity contribution in [2.45, 2.75) is 12.5 Å². The SMILES string of the molecule is CNCC(=O)NCC(O)Cc1ccccc1. The minimum atomic E-state index is -0.539. The van der Waals surface area contributed by atoms with Crippen LogP contribution in [0.5, 0.6) is 0 Å². The van der Waals surface area contributed by atoms with Crippen LogP contribution in [0.1, 0.15) is 5.56 Å². The van der Waals surface area contributed by atoms with Gasteiger partial charge >= 0.3 is 0 Å². The lowest BCUT2D eigenvalue weighted by molar-refractivity contribution is -0.120. The highest BCUT2D eigenvalue weighted by atomic mass is 16.3. The molecule has 88 valence electrons. The van der Waals surface area contributed by atoms with Gasteiger partial charge in [0.1, 0.15) is 0 Å². The van der Waals surface area contributed by atoms with E-state index >= 15 is 0 Å². The summed E-state index contributed by atoms with van der Waals surface area (Å²) in [5, 5.41) is 15.1. The Labute approximate surface area is 95.7 Å². The molecule has 1 amide bonds. The number of hydrogen-bond acceptors (Lipinski definition) is 3. The number of carbonyl (C=O) groups is 1. The van der Waals surface area contributed by atoms with Crippen LogP contribution in [-0.4, -0.2) is 37.3 Å². The van der Waals surface area contributed by atoms with Gasteiger partial charge in [-0.15, -0.1) is 0 Å². The summed E-state index contributed by atoms with van der Waals surface area (Å²) in [6.07, 6.45) is 0.0175. The number of amides is 1. The van der Waals surface area contributed by atoms with Crippen LogP contribution in [0, 0.1) is 0 Å². The zero-order chi connectivity index (χ0) is 11.8. The van der Waals surface area contributed by atoms with Gasteiger partial charge < -0.3 is 15.7 Å². The summed E-state index contributed by atoms with van der Waals surface area (Å²) in [4.78, 5) is 11.1. The number of rotatable bonds is 6. The van der Waals surface area contributed by atoms with Gasteiger partial charge in [0.05, 0.1) is 12.6 Å². The highest BCUT2D eigenvalue weighted by Crippen LogP contribution is 2.02. The van der Waals surface area contributed by atoms with E-state index in [2.05, 4.69) is 10.6 Å². The first-order valence-electron chi connectivity index (χ1n) is 5.35. The Hall–Kier alpha value is -1.39. The molecule has 1 aromatic rings. The van der Waals surface area contributed by atoms with Gasteiger partial charge in [0.15, 0.2) is 0 Å². The fraction of sp³-hybridized carbons (Fsp3) is 0.417. The topological polar surface area (TPSA) is 61.4 Å². The van der Waals surface area contributed by atoms with Gasteiger partial charge in [-0.05, 0) is 12.6 Å². The van der Waals surface area contributed by atoms with E-state index in [0.717, 1.165) is 5.56 Å². The molecule has 16 heavy (non-hydrogen) atoms. The van der Waals surface area contributed by atoms with E-state index in [9.17, 15) is 9.90 Å². The Morgan fingerprint density at radius 1 is 1.38 bits per heavy atom. The van der Waals surface area contributed by atoms with Gasteiger partial charge in [-0.25, -0.2) is 0 Å². The van der Waals surface area contributed by atoms with Crippen molar-refractivity contribution in [1.29, 1.82) is 0 Å². The molecule has 0 radical (unpaired) electrons. The van der Waals surface area contributed by atoms with Crippen molar-refractivity contribution < 1.29 is 9.90 Å². The maximum Gasteiger partial charge on any atom is 0.234 e. The van der Waals surface area contributed by atoms with Gasteiger partial charge in [0.25, 0.3) is 0 Å². The molecule has 0 saturated carbocycles. The van der Waals surface area contributed by atoms with Gasteiger partial charge in [-0.3, -0.25) is 4.79 Å². The highest BCUT2D eigenvalue weighted by molar-refractivity contribution is 5.77. The number of nitrogens with one attached hydrogen (secondary N) is 2. The molecule has 1 unspecified atom stereocenters. The third-order valence-corrected chi connectivity index (χ3v) is 2.19. The minimum absolute atomic E-state index is 0.102. The molecule has 0 aliphatic heterocycles. The molecule has 3 N–H and O–H groups in total. The summed E-state index contributed by atoms with van der Waals surface area (Å²) >= 11 is 0. The Bertz CT molecular complexity index is 314. The normalized spacial score (nSPS) is 12.1. The molecule has 0 aromatic heterocycles. The molecule has 0 aliphatic rings. The van der Waals surface area contributed by atoms with E-state index in [4.69, 9.17) is 0 Å². The fourth-order valence-corrected chi connectivity index (χ4v) is 1.41. The molecule has 0 spiro atoms. The molecule has 0 aliphatic carbocycles. The van der Waals surface area contributed by atoms with Crippen LogP contribution in [0.4, 0.5) is 0 Å². The minimum Gasteiger partial charge on any atom is -0.391 e. The summed E-state index contributed by atoms with van der Waals surface area (Å²) in [5.74, 6) is -0.102. The van der Waals surface area contributed by atoms with Crippen molar-refractivity contribution in [1.82, 2.24) is 10.6 Å². The van der Waals surface area contributed by atoms with E-state index < -0.39 is 6.10 Å². The number of benzene rings is 1. The largest absolute Gasteiger partial charge is 0.391 e. The molecule has 1 atom stereocenters. The second-order valence-corrected chi connectivity index (χ2v) is 3.68. The monoisotopic (exact) mass is 222 g/mol. The molecule has 0 fully saturated rings. The van der Waals surface area contributed by atoms with Crippen LogP contribution >= 0.6 is 0 Å². The fourth-order valence-electron chi connectivity index (χ4n) is 1.41. The molecule has 1 aromatic carbocycles. The second kappa shape index (κ2) is 6.98. The third kappa shape index (κ3) is 4.91. The summed E-state index contributed by atoms with van der Waals surface area (Å²) < 4.78 is 0. The lowest BCUT2D eigenvalue weighted by Crippen LogP contribution is -2.37. The van der Waals surface area contributed by atoms with Crippen LogP contribution in [0.2, 0.25) is 0 Å². The average molecular weight is 222 g/mol. The second-order valence-electron chi connectivity index (χ2n) is 3.68. The molecule has 0 heterocycles. The first-order valence-corrected chi connectivity index (χ1v) is 5.35. The smallest absolute Gasteiger partial charge is 0.234 e. The molecule has 0 saturated heterocycles. The van der Waals surface area contributed by atoms with Crippen molar-refractivity contribution in [2.24, 2.45) is 0 Å². The van der Waals surface area contributed by atoms with E-state index in [1.54, 1.807) is 7.05 Å². The van der Waals surface area contributed by atoms with Crippen molar-refractivity contribution in [3.05, 3.63) is 35.9 Å². The zero-order valence-corrected chi connectivity index (χ0v) is 9.44. The van der Waals surface area contributed by atoms with Gasteiger partial charge in [0, 0.05) is 13.0 Å². The molecule has 0 bridgehead atoms. The third-order valence-electron chi connectivity index (χ3n) is 2.19. The summed E-state index contributed by atoms with van der Waals surface area (Å²) in [6, 6.07) is 9.71. The molecule has 4 nitrogen and oxygen atoms in total. The van der Waals surface area contributed by atoms with E-state index in [-0.39, 0.29) is 19.0 Å². The Kier molecular flexibility index (Phi) is 5.53. The number of hydrogen-bond donors (Lipinski definition) is 3. The molecule has 1 rings (SSSR count). The molecule has 4 heteroatoms. The molecular formula is C12H18N2O2. The molecular weight excluding hydrogens is 204 g/mol. The summed E-state index contributed by atoms with van der Waals surface area (Å²) in [5.41, 5.74) is 1.07. The first-order chi connectivity index (χ1) is 7.72. The summed E-state index contributed by atoms with van der Waals surface area (Å²) in [7, 11) is 1.71. The van der Waals surface area contributed by atoms with Crippen LogP contribution in [0.25, 0.3) is 0 Å². The average Bonchev–Trinajstić information content (AvgIpc) is 2.28. The quantitative estimate of drug-likeness (QED) is 0.631. The van der Waals surface area contributed by atoms with Crippen LogP contribution < -0.4 is 10.6 Å². The van der Waals surface area contributed by atoms with Crippen LogP contribution in [0.15, 0.2) is 30.3 Å². The standard InChI is InChI=1S/C12H18N2O2/c1-13-9-12(16)14-8-11(15)7-10-5-3-2-4-6-10/h2-6,11,13,15H,7-9H2,1H3,(H,14,16). The van der Waals surface area contributed by atoms with Gasteiger partial charge in [-0.1, -0.05) is 30.3 Å². The Balaban J connectivity index is 2.26. The maximum atomic E-state index is 11.1. The van der Waals surface area contributed by atoms with Crippen molar-refractivity contribution in [3.63, 3.8) is 0 Å².